The van der Waals surface area contributed by atoms with Crippen LogP contribution in [0.2, 0.25) is 0 Å². The van der Waals surface area contributed by atoms with Gasteiger partial charge in [-0.1, -0.05) is 0 Å². The van der Waals surface area contributed by atoms with Gasteiger partial charge in [0, 0.05) is 18.3 Å². The fraction of sp³-hybridized carbons (Fsp3) is 0.500. The molecule has 3 heteroatoms. The summed E-state index contributed by atoms with van der Waals surface area (Å²) in [6.45, 7) is 4.17. The smallest absolute Gasteiger partial charge is 0.0994 e. The van der Waals surface area contributed by atoms with E-state index in [9.17, 15) is 0 Å². The highest BCUT2D eigenvalue weighted by Crippen LogP contribution is 2.18. The van der Waals surface area contributed by atoms with Crippen LogP contribution in [0.4, 0.5) is 5.69 Å². The molecule has 0 bridgehead atoms. The van der Waals surface area contributed by atoms with Crippen molar-refractivity contribution in [3.05, 3.63) is 29.3 Å². The molecule has 17 heavy (non-hydrogen) atoms. The van der Waals surface area contributed by atoms with Crippen molar-refractivity contribution in [2.45, 2.75) is 25.8 Å². The summed E-state index contributed by atoms with van der Waals surface area (Å²) in [5.41, 5.74) is 2.91. The standard InChI is InChI=1S/C14H19N3/c1-11-8-13(6-5-12(11)9-15)16-10-14-4-3-7-17(14)2/h5-6,8,14,16H,3-4,7,10H2,1-2H3. The van der Waals surface area contributed by atoms with Crippen LogP contribution in [-0.4, -0.2) is 31.1 Å². The first-order valence-corrected chi connectivity index (χ1v) is 6.15. The topological polar surface area (TPSA) is 39.1 Å². The van der Waals surface area contributed by atoms with Crippen molar-refractivity contribution >= 4 is 5.69 Å². The lowest BCUT2D eigenvalue weighted by Gasteiger charge is -2.20. The van der Waals surface area contributed by atoms with E-state index in [4.69, 9.17) is 5.26 Å². The van der Waals surface area contributed by atoms with Gasteiger partial charge in [-0.3, -0.25) is 0 Å². The number of rotatable bonds is 3. The second-order valence-corrected chi connectivity index (χ2v) is 4.80. The van der Waals surface area contributed by atoms with Crippen molar-refractivity contribution in [1.82, 2.24) is 4.90 Å². The number of aryl methyl sites for hydroxylation is 1. The van der Waals surface area contributed by atoms with Crippen molar-refractivity contribution in [2.75, 3.05) is 25.5 Å². The van der Waals surface area contributed by atoms with Gasteiger partial charge in [-0.2, -0.15) is 5.26 Å². The van der Waals surface area contributed by atoms with Crippen molar-refractivity contribution in [2.24, 2.45) is 0 Å². The van der Waals surface area contributed by atoms with Crippen molar-refractivity contribution in [3.63, 3.8) is 0 Å². The number of anilines is 1. The van der Waals surface area contributed by atoms with Gasteiger partial charge < -0.3 is 10.2 Å². The third kappa shape index (κ3) is 2.78. The van der Waals surface area contributed by atoms with Crippen LogP contribution in [0.1, 0.15) is 24.0 Å². The van der Waals surface area contributed by atoms with Crippen molar-refractivity contribution < 1.29 is 0 Å². The maximum absolute atomic E-state index is 8.87. The SMILES string of the molecule is Cc1cc(NCC2CCCN2C)ccc1C#N. The monoisotopic (exact) mass is 229 g/mol. The number of hydrogen-bond acceptors (Lipinski definition) is 3. The number of likely N-dealkylation sites (N-methyl/N-ethyl adjacent to an activating group) is 1. The second-order valence-electron chi connectivity index (χ2n) is 4.80. The van der Waals surface area contributed by atoms with Gasteiger partial charge >= 0.3 is 0 Å². The molecule has 1 aromatic carbocycles. The quantitative estimate of drug-likeness (QED) is 0.865. The van der Waals surface area contributed by atoms with Crippen LogP contribution < -0.4 is 5.32 Å². The molecule has 0 amide bonds. The van der Waals surface area contributed by atoms with Gasteiger partial charge in [0.2, 0.25) is 0 Å². The molecule has 2 rings (SSSR count). The maximum atomic E-state index is 8.87. The summed E-state index contributed by atoms with van der Waals surface area (Å²) in [6.07, 6.45) is 2.58. The van der Waals surface area contributed by atoms with Gasteiger partial charge in [-0.05, 0) is 57.1 Å². The van der Waals surface area contributed by atoms with E-state index < -0.39 is 0 Å². The molecule has 1 aromatic rings. The first-order chi connectivity index (χ1) is 8.20. The lowest BCUT2D eigenvalue weighted by atomic mass is 10.1. The highest BCUT2D eigenvalue weighted by molar-refractivity contribution is 5.51. The van der Waals surface area contributed by atoms with Crippen LogP contribution in [0.3, 0.4) is 0 Å². The van der Waals surface area contributed by atoms with Crippen LogP contribution in [0.5, 0.6) is 0 Å². The summed E-state index contributed by atoms with van der Waals surface area (Å²) in [5, 5.41) is 12.3. The Hall–Kier alpha value is -1.53. The van der Waals surface area contributed by atoms with Crippen LogP contribution in [-0.2, 0) is 0 Å². The molecule has 0 saturated carbocycles. The zero-order chi connectivity index (χ0) is 12.3. The number of likely N-dealkylation sites (tertiary alicyclic amines) is 1. The van der Waals surface area contributed by atoms with Crippen LogP contribution in [0, 0.1) is 18.3 Å². The lowest BCUT2D eigenvalue weighted by molar-refractivity contribution is 0.322. The predicted molar refractivity (Wildman–Crippen MR) is 70.0 cm³/mol. The van der Waals surface area contributed by atoms with E-state index >= 15 is 0 Å². The summed E-state index contributed by atoms with van der Waals surface area (Å²) >= 11 is 0. The predicted octanol–water partition coefficient (Wildman–Crippen LogP) is 2.37. The lowest BCUT2D eigenvalue weighted by Crippen LogP contribution is -2.31. The second kappa shape index (κ2) is 5.20. The summed E-state index contributed by atoms with van der Waals surface area (Å²) in [4.78, 5) is 2.41. The minimum Gasteiger partial charge on any atom is -0.383 e. The van der Waals surface area contributed by atoms with Gasteiger partial charge in [0.05, 0.1) is 11.6 Å². The first kappa shape index (κ1) is 11.9. The zero-order valence-corrected chi connectivity index (χ0v) is 10.5. The molecule has 1 atom stereocenters. The fourth-order valence-corrected chi connectivity index (χ4v) is 2.37. The zero-order valence-electron chi connectivity index (χ0n) is 10.5. The van der Waals surface area contributed by atoms with E-state index in [-0.39, 0.29) is 0 Å². The molecular weight excluding hydrogens is 210 g/mol. The van der Waals surface area contributed by atoms with Gasteiger partial charge in [0.1, 0.15) is 0 Å². The van der Waals surface area contributed by atoms with E-state index in [0.29, 0.717) is 6.04 Å². The molecule has 1 fully saturated rings. The van der Waals surface area contributed by atoms with E-state index in [1.807, 2.05) is 25.1 Å². The van der Waals surface area contributed by atoms with Gasteiger partial charge in [0.15, 0.2) is 0 Å². The molecule has 1 aliphatic rings. The third-order valence-electron chi connectivity index (χ3n) is 3.56. The Labute approximate surface area is 103 Å². The summed E-state index contributed by atoms with van der Waals surface area (Å²) in [6, 6.07) is 8.76. The van der Waals surface area contributed by atoms with E-state index in [0.717, 1.165) is 23.4 Å². The fourth-order valence-electron chi connectivity index (χ4n) is 2.37. The van der Waals surface area contributed by atoms with Crippen LogP contribution in [0.15, 0.2) is 18.2 Å². The Balaban J connectivity index is 1.95. The van der Waals surface area contributed by atoms with Crippen molar-refractivity contribution in [3.8, 4) is 6.07 Å². The summed E-state index contributed by atoms with van der Waals surface area (Å²) < 4.78 is 0. The molecule has 1 heterocycles. The number of nitrogens with one attached hydrogen (secondary N) is 1. The molecule has 3 nitrogen and oxygen atoms in total. The highest BCUT2D eigenvalue weighted by Gasteiger charge is 2.20. The van der Waals surface area contributed by atoms with Crippen molar-refractivity contribution in [1.29, 1.82) is 5.26 Å². The molecular formula is C14H19N3. The third-order valence-corrected chi connectivity index (χ3v) is 3.56. The molecule has 0 radical (unpaired) electrons. The summed E-state index contributed by atoms with van der Waals surface area (Å²) in [7, 11) is 2.18. The summed E-state index contributed by atoms with van der Waals surface area (Å²) in [5.74, 6) is 0. The molecule has 1 aliphatic heterocycles. The molecule has 1 N–H and O–H groups in total. The molecule has 1 unspecified atom stereocenters. The Bertz CT molecular complexity index is 434. The number of hydrogen-bond donors (Lipinski definition) is 1. The molecule has 0 aliphatic carbocycles. The Kier molecular flexibility index (Phi) is 3.65. The minimum atomic E-state index is 0.644. The van der Waals surface area contributed by atoms with Gasteiger partial charge in [-0.15, -0.1) is 0 Å². The van der Waals surface area contributed by atoms with Gasteiger partial charge in [0.25, 0.3) is 0 Å². The van der Waals surface area contributed by atoms with E-state index in [2.05, 4.69) is 23.3 Å². The Morgan fingerprint density at radius 2 is 2.35 bits per heavy atom. The largest absolute Gasteiger partial charge is 0.383 e. The number of nitrogens with zero attached hydrogens (tertiary/aromatic N) is 2. The number of benzene rings is 1. The van der Waals surface area contributed by atoms with Crippen LogP contribution in [0.25, 0.3) is 0 Å². The Morgan fingerprint density at radius 1 is 1.53 bits per heavy atom. The van der Waals surface area contributed by atoms with Crippen LogP contribution >= 0.6 is 0 Å². The van der Waals surface area contributed by atoms with E-state index in [1.165, 1.54) is 19.4 Å². The molecule has 0 spiro atoms. The maximum Gasteiger partial charge on any atom is 0.0994 e. The average molecular weight is 229 g/mol. The first-order valence-electron chi connectivity index (χ1n) is 6.15. The molecule has 90 valence electrons. The Morgan fingerprint density at radius 3 is 2.94 bits per heavy atom. The van der Waals surface area contributed by atoms with E-state index in [1.54, 1.807) is 0 Å². The molecule has 0 aromatic heterocycles. The van der Waals surface area contributed by atoms with Gasteiger partial charge in [-0.25, -0.2) is 0 Å². The number of nitriles is 1. The normalized spacial score (nSPS) is 20.2. The minimum absolute atomic E-state index is 0.644. The highest BCUT2D eigenvalue weighted by atomic mass is 15.2. The molecule has 1 saturated heterocycles. The average Bonchev–Trinajstić information content (AvgIpc) is 2.72.